The van der Waals surface area contributed by atoms with Crippen molar-refractivity contribution in [1.29, 1.82) is 0 Å². The molecule has 2 amide bonds. The number of ether oxygens (including phenoxy) is 1. The van der Waals surface area contributed by atoms with Gasteiger partial charge in [0.25, 0.3) is 5.91 Å². The Hall–Kier alpha value is -2.89. The lowest BCUT2D eigenvalue weighted by Gasteiger charge is -2.21. The molecule has 0 radical (unpaired) electrons. The Labute approximate surface area is 157 Å². The van der Waals surface area contributed by atoms with Gasteiger partial charge >= 0.3 is 0 Å². The van der Waals surface area contributed by atoms with E-state index in [9.17, 15) is 14.0 Å². The van der Waals surface area contributed by atoms with Crippen LogP contribution < -0.4 is 15.4 Å². The molecule has 1 saturated carbocycles. The van der Waals surface area contributed by atoms with Gasteiger partial charge in [-0.2, -0.15) is 0 Å². The quantitative estimate of drug-likeness (QED) is 0.794. The summed E-state index contributed by atoms with van der Waals surface area (Å²) in [7, 11) is 0. The molecular formula is C21H23FN2O3. The van der Waals surface area contributed by atoms with Crippen LogP contribution in [0.3, 0.4) is 0 Å². The van der Waals surface area contributed by atoms with E-state index in [1.165, 1.54) is 18.2 Å². The van der Waals surface area contributed by atoms with E-state index in [1.54, 1.807) is 12.1 Å². The third-order valence-corrected chi connectivity index (χ3v) is 4.60. The zero-order valence-corrected chi connectivity index (χ0v) is 15.0. The van der Waals surface area contributed by atoms with Gasteiger partial charge in [0.05, 0.1) is 5.69 Å². The third-order valence-electron chi connectivity index (χ3n) is 4.60. The number of hydrogen-bond acceptors (Lipinski definition) is 3. The number of rotatable bonds is 6. The number of halogens is 1. The van der Waals surface area contributed by atoms with E-state index in [0.29, 0.717) is 11.4 Å². The molecule has 0 spiro atoms. The Morgan fingerprint density at radius 3 is 2.48 bits per heavy atom. The first-order valence-corrected chi connectivity index (χ1v) is 9.20. The van der Waals surface area contributed by atoms with E-state index in [0.717, 1.165) is 32.1 Å². The zero-order valence-electron chi connectivity index (χ0n) is 15.0. The second-order valence-electron chi connectivity index (χ2n) is 6.67. The molecule has 0 saturated heterocycles. The minimum Gasteiger partial charge on any atom is -0.484 e. The Morgan fingerprint density at radius 2 is 1.74 bits per heavy atom. The largest absolute Gasteiger partial charge is 0.484 e. The predicted molar refractivity (Wildman–Crippen MR) is 102 cm³/mol. The lowest BCUT2D eigenvalue weighted by Crippen LogP contribution is -2.25. The Kier molecular flexibility index (Phi) is 6.41. The average Bonchev–Trinajstić information content (AvgIpc) is 2.70. The van der Waals surface area contributed by atoms with Crippen molar-refractivity contribution in [3.05, 3.63) is 54.3 Å². The molecule has 2 aromatic carbocycles. The highest BCUT2D eigenvalue weighted by molar-refractivity contribution is 5.95. The van der Waals surface area contributed by atoms with Gasteiger partial charge < -0.3 is 15.4 Å². The first-order chi connectivity index (χ1) is 13.1. The van der Waals surface area contributed by atoms with Crippen molar-refractivity contribution in [2.24, 2.45) is 5.92 Å². The van der Waals surface area contributed by atoms with Crippen LogP contribution in [0.25, 0.3) is 0 Å². The summed E-state index contributed by atoms with van der Waals surface area (Å²) < 4.78 is 19.4. The number of hydrogen-bond donors (Lipinski definition) is 2. The summed E-state index contributed by atoms with van der Waals surface area (Å²) in [4.78, 5) is 24.4. The monoisotopic (exact) mass is 370 g/mol. The molecule has 6 heteroatoms. The highest BCUT2D eigenvalue weighted by atomic mass is 19.1. The molecule has 0 unspecified atom stereocenters. The summed E-state index contributed by atoms with van der Waals surface area (Å²) in [6.45, 7) is -0.162. The molecular weight excluding hydrogens is 347 g/mol. The van der Waals surface area contributed by atoms with E-state index in [2.05, 4.69) is 10.6 Å². The van der Waals surface area contributed by atoms with E-state index < -0.39 is 5.82 Å². The molecule has 0 atom stereocenters. The fourth-order valence-corrected chi connectivity index (χ4v) is 3.16. The maximum absolute atomic E-state index is 14.1. The molecule has 2 N–H and O–H groups in total. The molecule has 2 aromatic rings. The van der Waals surface area contributed by atoms with Gasteiger partial charge in [-0.05, 0) is 43.2 Å². The SMILES string of the molecule is O=C(COc1ccccc1)Nc1ccc(F)c(NC(=O)C2CCCCC2)c1. The van der Waals surface area contributed by atoms with Gasteiger partial charge in [-0.3, -0.25) is 9.59 Å². The van der Waals surface area contributed by atoms with Crippen molar-refractivity contribution in [1.82, 2.24) is 0 Å². The molecule has 1 aliphatic carbocycles. The van der Waals surface area contributed by atoms with Crippen LogP contribution in [0, 0.1) is 11.7 Å². The Balaban J connectivity index is 1.57. The highest BCUT2D eigenvalue weighted by Gasteiger charge is 2.22. The van der Waals surface area contributed by atoms with Gasteiger partial charge in [0, 0.05) is 11.6 Å². The average molecular weight is 370 g/mol. The van der Waals surface area contributed by atoms with E-state index in [-0.39, 0.29) is 30.0 Å². The number of benzene rings is 2. The minimum atomic E-state index is -0.530. The predicted octanol–water partition coefficient (Wildman–Crippen LogP) is 4.36. The van der Waals surface area contributed by atoms with E-state index >= 15 is 0 Å². The van der Waals surface area contributed by atoms with Crippen molar-refractivity contribution in [3.63, 3.8) is 0 Å². The number of carbonyl (C=O) groups is 2. The molecule has 0 heterocycles. The van der Waals surface area contributed by atoms with Crippen molar-refractivity contribution in [2.45, 2.75) is 32.1 Å². The van der Waals surface area contributed by atoms with Gasteiger partial charge in [0.15, 0.2) is 6.61 Å². The number of para-hydroxylation sites is 1. The molecule has 1 aliphatic rings. The summed E-state index contributed by atoms with van der Waals surface area (Å²) >= 11 is 0. The maximum Gasteiger partial charge on any atom is 0.262 e. The first kappa shape index (κ1) is 18.9. The van der Waals surface area contributed by atoms with Gasteiger partial charge in [-0.15, -0.1) is 0 Å². The van der Waals surface area contributed by atoms with Gasteiger partial charge in [-0.25, -0.2) is 4.39 Å². The number of anilines is 2. The van der Waals surface area contributed by atoms with Crippen molar-refractivity contribution in [2.75, 3.05) is 17.2 Å². The van der Waals surface area contributed by atoms with Crippen molar-refractivity contribution < 1.29 is 18.7 Å². The lowest BCUT2D eigenvalue weighted by molar-refractivity contribution is -0.120. The summed E-state index contributed by atoms with van der Waals surface area (Å²) in [5, 5.41) is 5.31. The van der Waals surface area contributed by atoms with Gasteiger partial charge in [-0.1, -0.05) is 37.5 Å². The second-order valence-corrected chi connectivity index (χ2v) is 6.67. The fraction of sp³-hybridized carbons (Fsp3) is 0.333. The van der Waals surface area contributed by atoms with E-state index in [4.69, 9.17) is 4.74 Å². The maximum atomic E-state index is 14.1. The normalized spacial score (nSPS) is 14.4. The molecule has 5 nitrogen and oxygen atoms in total. The van der Waals surface area contributed by atoms with Gasteiger partial charge in [0.2, 0.25) is 5.91 Å². The highest BCUT2D eigenvalue weighted by Crippen LogP contribution is 2.26. The van der Waals surface area contributed by atoms with Crippen LogP contribution in [0.15, 0.2) is 48.5 Å². The third kappa shape index (κ3) is 5.54. The van der Waals surface area contributed by atoms with Crippen LogP contribution in [0.2, 0.25) is 0 Å². The summed E-state index contributed by atoms with van der Waals surface area (Å²) in [6, 6.07) is 13.1. The topological polar surface area (TPSA) is 67.4 Å². The molecule has 0 aliphatic heterocycles. The smallest absolute Gasteiger partial charge is 0.262 e. The van der Waals surface area contributed by atoms with E-state index in [1.807, 2.05) is 18.2 Å². The zero-order chi connectivity index (χ0) is 19.1. The number of carbonyl (C=O) groups excluding carboxylic acids is 2. The summed E-state index contributed by atoms with van der Waals surface area (Å²) in [5.74, 6) is -0.542. The van der Waals surface area contributed by atoms with Crippen LogP contribution >= 0.6 is 0 Å². The van der Waals surface area contributed by atoms with Crippen LogP contribution in [0.1, 0.15) is 32.1 Å². The fourth-order valence-electron chi connectivity index (χ4n) is 3.16. The molecule has 1 fully saturated rings. The minimum absolute atomic E-state index is 0.0735. The Bertz CT molecular complexity index is 789. The molecule has 142 valence electrons. The summed E-state index contributed by atoms with van der Waals surface area (Å²) in [5.41, 5.74) is 0.476. The van der Waals surface area contributed by atoms with Crippen LogP contribution in [-0.4, -0.2) is 18.4 Å². The Morgan fingerprint density at radius 1 is 1.00 bits per heavy atom. The number of nitrogens with one attached hydrogen (secondary N) is 2. The van der Waals surface area contributed by atoms with Crippen molar-refractivity contribution >= 4 is 23.2 Å². The second kappa shape index (κ2) is 9.16. The number of amides is 2. The molecule has 27 heavy (non-hydrogen) atoms. The van der Waals surface area contributed by atoms with Crippen molar-refractivity contribution in [3.8, 4) is 5.75 Å². The standard InChI is InChI=1S/C21H23FN2O3/c22-18-12-11-16(23-20(25)14-27-17-9-5-2-6-10-17)13-19(18)24-21(26)15-7-3-1-4-8-15/h2,5-6,9-13,15H,1,3-4,7-8,14H2,(H,23,25)(H,24,26). The van der Waals surface area contributed by atoms with Crippen LogP contribution in [0.5, 0.6) is 5.75 Å². The van der Waals surface area contributed by atoms with Crippen LogP contribution in [0.4, 0.5) is 15.8 Å². The van der Waals surface area contributed by atoms with Crippen LogP contribution in [-0.2, 0) is 9.59 Å². The molecule has 0 aromatic heterocycles. The molecule has 3 rings (SSSR count). The molecule has 0 bridgehead atoms. The van der Waals surface area contributed by atoms with Gasteiger partial charge in [0.1, 0.15) is 11.6 Å². The lowest BCUT2D eigenvalue weighted by atomic mass is 9.88. The summed E-state index contributed by atoms with van der Waals surface area (Å²) in [6.07, 6.45) is 4.86. The first-order valence-electron chi connectivity index (χ1n) is 9.20.